The molecular formula is C25H19Cl2F4N5O. The molecule has 1 amide bonds. The van der Waals surface area contributed by atoms with E-state index in [4.69, 9.17) is 23.2 Å². The fourth-order valence-corrected chi connectivity index (χ4v) is 4.68. The molecule has 0 unspecified atom stereocenters. The predicted molar refractivity (Wildman–Crippen MR) is 131 cm³/mol. The third kappa shape index (κ3) is 5.41. The quantitative estimate of drug-likeness (QED) is 0.300. The Labute approximate surface area is 219 Å². The van der Waals surface area contributed by atoms with Crippen LogP contribution in [-0.2, 0) is 12.7 Å². The van der Waals surface area contributed by atoms with Gasteiger partial charge in [0, 0.05) is 54.4 Å². The van der Waals surface area contributed by atoms with Crippen molar-refractivity contribution in [2.24, 2.45) is 0 Å². The molecular weight excluding hydrogens is 533 g/mol. The molecule has 2 aromatic heterocycles. The van der Waals surface area contributed by atoms with Gasteiger partial charge in [-0.2, -0.15) is 18.3 Å². The topological polar surface area (TPSA) is 53.7 Å². The molecule has 0 radical (unpaired) electrons. The van der Waals surface area contributed by atoms with Gasteiger partial charge in [0.1, 0.15) is 5.82 Å². The van der Waals surface area contributed by atoms with Gasteiger partial charge in [-0.25, -0.2) is 13.9 Å². The van der Waals surface area contributed by atoms with Crippen LogP contribution in [0.25, 0.3) is 16.9 Å². The van der Waals surface area contributed by atoms with Crippen LogP contribution in [0.2, 0.25) is 10.0 Å². The number of aromatic nitrogens is 3. The Balaban J connectivity index is 1.36. The summed E-state index contributed by atoms with van der Waals surface area (Å²) in [4.78, 5) is 21.0. The predicted octanol–water partition coefficient (Wildman–Crippen LogP) is 5.82. The van der Waals surface area contributed by atoms with Gasteiger partial charge in [-0.05, 0) is 48.0 Å². The van der Waals surface area contributed by atoms with Crippen LogP contribution in [0, 0.1) is 5.82 Å². The lowest BCUT2D eigenvalue weighted by Crippen LogP contribution is -2.48. The van der Waals surface area contributed by atoms with E-state index in [1.54, 1.807) is 17.0 Å². The second-order valence-corrected chi connectivity index (χ2v) is 9.48. The second kappa shape index (κ2) is 9.92. The number of amides is 1. The van der Waals surface area contributed by atoms with Gasteiger partial charge in [0.05, 0.1) is 5.69 Å². The molecule has 6 nitrogen and oxygen atoms in total. The lowest BCUT2D eigenvalue weighted by molar-refractivity contribution is -0.142. The minimum atomic E-state index is -4.75. The number of piperazine rings is 1. The van der Waals surface area contributed by atoms with Gasteiger partial charge in [0.2, 0.25) is 0 Å². The number of hydrogen-bond acceptors (Lipinski definition) is 4. The first-order chi connectivity index (χ1) is 17.6. The molecule has 12 heteroatoms. The lowest BCUT2D eigenvalue weighted by Gasteiger charge is -2.34. The van der Waals surface area contributed by atoms with Gasteiger partial charge in [0.15, 0.2) is 17.0 Å². The van der Waals surface area contributed by atoms with E-state index in [9.17, 15) is 22.4 Å². The molecule has 5 rings (SSSR count). The Morgan fingerprint density at radius 2 is 1.65 bits per heavy atom. The van der Waals surface area contributed by atoms with Crippen LogP contribution >= 0.6 is 23.2 Å². The third-order valence-corrected chi connectivity index (χ3v) is 6.73. The van der Waals surface area contributed by atoms with Crippen LogP contribution in [0.4, 0.5) is 17.6 Å². The van der Waals surface area contributed by atoms with Crippen LogP contribution in [-0.4, -0.2) is 56.5 Å². The van der Waals surface area contributed by atoms with Crippen molar-refractivity contribution < 1.29 is 22.4 Å². The van der Waals surface area contributed by atoms with E-state index in [1.165, 1.54) is 18.2 Å². The first-order valence-electron chi connectivity index (χ1n) is 11.3. The van der Waals surface area contributed by atoms with Crippen molar-refractivity contribution in [3.05, 3.63) is 87.4 Å². The van der Waals surface area contributed by atoms with Gasteiger partial charge >= 0.3 is 6.18 Å². The SMILES string of the molecule is O=C(c1cc2nc(-c3ccc(F)cc3)cc(C(F)(F)F)n2n1)N1CCN(Cc2ccc(Cl)cc2Cl)CC1. The summed E-state index contributed by atoms with van der Waals surface area (Å²) in [6, 6.07) is 12.3. The smallest absolute Gasteiger partial charge is 0.335 e. The molecule has 0 saturated carbocycles. The zero-order chi connectivity index (χ0) is 26.3. The van der Waals surface area contributed by atoms with Gasteiger partial charge in [0.25, 0.3) is 5.91 Å². The maximum absolute atomic E-state index is 13.8. The highest BCUT2D eigenvalue weighted by Gasteiger charge is 2.36. The summed E-state index contributed by atoms with van der Waals surface area (Å²) >= 11 is 12.2. The van der Waals surface area contributed by atoms with E-state index in [2.05, 4.69) is 15.0 Å². The second-order valence-electron chi connectivity index (χ2n) is 8.63. The number of carbonyl (C=O) groups is 1. The number of fused-ring (bicyclic) bond motifs is 1. The first kappa shape index (κ1) is 25.4. The molecule has 0 spiro atoms. The molecule has 0 bridgehead atoms. The maximum Gasteiger partial charge on any atom is 0.433 e. The standard InChI is InChI=1S/C25H19Cl2F4N5O/c26-17-4-1-16(19(27)11-17)14-34-7-9-35(10-8-34)24(37)21-13-23-32-20(15-2-5-18(28)6-3-15)12-22(25(29,30)31)36(23)33-21/h1-6,11-13H,7-10,14H2. The molecule has 192 valence electrons. The normalized spacial score (nSPS) is 14.9. The Morgan fingerprint density at radius 3 is 2.30 bits per heavy atom. The number of halogens is 6. The van der Waals surface area contributed by atoms with Crippen LogP contribution in [0.1, 0.15) is 21.7 Å². The van der Waals surface area contributed by atoms with Crippen LogP contribution < -0.4 is 0 Å². The molecule has 1 saturated heterocycles. The zero-order valence-corrected chi connectivity index (χ0v) is 20.7. The average molecular weight is 552 g/mol. The highest BCUT2D eigenvalue weighted by atomic mass is 35.5. The summed E-state index contributed by atoms with van der Waals surface area (Å²) in [6.45, 7) is 2.44. The Morgan fingerprint density at radius 1 is 0.946 bits per heavy atom. The van der Waals surface area contributed by atoms with Gasteiger partial charge in [-0.3, -0.25) is 9.69 Å². The van der Waals surface area contributed by atoms with Gasteiger partial charge in [-0.15, -0.1) is 0 Å². The number of benzene rings is 2. The molecule has 0 atom stereocenters. The van der Waals surface area contributed by atoms with Crippen molar-refractivity contribution in [1.82, 2.24) is 24.4 Å². The minimum absolute atomic E-state index is 0.00630. The molecule has 4 aromatic rings. The zero-order valence-electron chi connectivity index (χ0n) is 19.1. The lowest BCUT2D eigenvalue weighted by atomic mass is 10.1. The van der Waals surface area contributed by atoms with Crippen LogP contribution in [0.3, 0.4) is 0 Å². The largest absolute Gasteiger partial charge is 0.433 e. The van der Waals surface area contributed by atoms with E-state index in [1.807, 2.05) is 6.07 Å². The van der Waals surface area contributed by atoms with E-state index < -0.39 is 23.6 Å². The van der Waals surface area contributed by atoms with Crippen molar-refractivity contribution in [2.75, 3.05) is 26.2 Å². The minimum Gasteiger partial charge on any atom is -0.335 e. The van der Waals surface area contributed by atoms with E-state index >= 15 is 0 Å². The van der Waals surface area contributed by atoms with Gasteiger partial charge in [-0.1, -0.05) is 29.3 Å². The van der Waals surface area contributed by atoms with Crippen molar-refractivity contribution in [1.29, 1.82) is 0 Å². The summed E-state index contributed by atoms with van der Waals surface area (Å²) in [6.07, 6.45) is -4.75. The highest BCUT2D eigenvalue weighted by molar-refractivity contribution is 6.35. The summed E-state index contributed by atoms with van der Waals surface area (Å²) in [7, 11) is 0. The molecule has 1 aliphatic heterocycles. The molecule has 0 N–H and O–H groups in total. The van der Waals surface area contributed by atoms with E-state index in [-0.39, 0.29) is 17.0 Å². The number of alkyl halides is 3. The Kier molecular flexibility index (Phi) is 6.82. The summed E-state index contributed by atoms with van der Waals surface area (Å²) in [5.41, 5.74) is -0.139. The van der Waals surface area contributed by atoms with Gasteiger partial charge < -0.3 is 4.90 Å². The Bertz CT molecular complexity index is 1460. The van der Waals surface area contributed by atoms with Crippen LogP contribution in [0.5, 0.6) is 0 Å². The molecule has 2 aromatic carbocycles. The average Bonchev–Trinajstić information content (AvgIpc) is 3.29. The number of rotatable bonds is 4. The fourth-order valence-electron chi connectivity index (χ4n) is 4.21. The number of carbonyl (C=O) groups excluding carboxylic acids is 1. The summed E-state index contributed by atoms with van der Waals surface area (Å²) < 4.78 is 55.5. The van der Waals surface area contributed by atoms with Crippen molar-refractivity contribution >= 4 is 34.8 Å². The fraction of sp³-hybridized carbons (Fsp3) is 0.240. The molecule has 1 fully saturated rings. The monoisotopic (exact) mass is 551 g/mol. The third-order valence-electron chi connectivity index (χ3n) is 6.15. The number of hydrogen-bond donors (Lipinski definition) is 0. The number of nitrogens with zero attached hydrogens (tertiary/aromatic N) is 5. The van der Waals surface area contributed by atoms with Crippen LogP contribution in [0.15, 0.2) is 54.6 Å². The summed E-state index contributed by atoms with van der Waals surface area (Å²) in [5, 5.41) is 5.05. The molecule has 3 heterocycles. The van der Waals surface area contributed by atoms with Crippen molar-refractivity contribution in [3.63, 3.8) is 0 Å². The first-order valence-corrected chi connectivity index (χ1v) is 12.0. The van der Waals surface area contributed by atoms with Crippen molar-refractivity contribution in [3.8, 4) is 11.3 Å². The Hall–Kier alpha value is -3.21. The summed E-state index contributed by atoms with van der Waals surface area (Å²) in [5.74, 6) is -0.999. The van der Waals surface area contributed by atoms with E-state index in [0.29, 0.717) is 52.8 Å². The molecule has 37 heavy (non-hydrogen) atoms. The molecule has 0 aliphatic carbocycles. The van der Waals surface area contributed by atoms with Crippen molar-refractivity contribution in [2.45, 2.75) is 12.7 Å². The van der Waals surface area contributed by atoms with E-state index in [0.717, 1.165) is 23.8 Å². The molecule has 1 aliphatic rings. The highest BCUT2D eigenvalue weighted by Crippen LogP contribution is 2.32. The maximum atomic E-state index is 13.8.